The van der Waals surface area contributed by atoms with Crippen LogP contribution < -0.4 is 26.0 Å². The van der Waals surface area contributed by atoms with Crippen molar-refractivity contribution in [3.8, 4) is 5.75 Å². The molecule has 4 rings (SSSR count). The summed E-state index contributed by atoms with van der Waals surface area (Å²) in [6.45, 7) is 2.92. The van der Waals surface area contributed by atoms with Crippen LogP contribution in [0.1, 0.15) is 28.0 Å². The SMILES string of the molecule is Cc1cnc(NC(=O)Nc2ccc(C(=O)NC3(Cc4ccccc4)CCNC3)cc2OC(F)(F)F)cn1. The van der Waals surface area contributed by atoms with Crippen molar-refractivity contribution in [2.24, 2.45) is 0 Å². The number of rotatable bonds is 7. The summed E-state index contributed by atoms with van der Waals surface area (Å²) in [7, 11) is 0. The Bertz CT molecular complexity index is 1250. The van der Waals surface area contributed by atoms with Gasteiger partial charge in [0.2, 0.25) is 0 Å². The first-order valence-corrected chi connectivity index (χ1v) is 11.4. The predicted molar refractivity (Wildman–Crippen MR) is 130 cm³/mol. The van der Waals surface area contributed by atoms with E-state index >= 15 is 0 Å². The summed E-state index contributed by atoms with van der Waals surface area (Å²) >= 11 is 0. The smallest absolute Gasteiger partial charge is 0.404 e. The van der Waals surface area contributed by atoms with Gasteiger partial charge in [-0.25, -0.2) is 9.78 Å². The van der Waals surface area contributed by atoms with Crippen LogP contribution in [-0.4, -0.2) is 46.9 Å². The molecule has 37 heavy (non-hydrogen) atoms. The minimum absolute atomic E-state index is 0.0473. The molecule has 1 atom stereocenters. The molecule has 3 aromatic rings. The van der Waals surface area contributed by atoms with Crippen molar-refractivity contribution >= 4 is 23.4 Å². The lowest BCUT2D eigenvalue weighted by Crippen LogP contribution is -2.51. The third-order valence-corrected chi connectivity index (χ3v) is 5.75. The van der Waals surface area contributed by atoms with E-state index in [1.165, 1.54) is 24.5 Å². The van der Waals surface area contributed by atoms with E-state index in [0.717, 1.165) is 11.6 Å². The molecule has 1 fully saturated rings. The second kappa shape index (κ2) is 10.8. The Kier molecular flexibility index (Phi) is 7.58. The van der Waals surface area contributed by atoms with Crippen molar-refractivity contribution in [1.29, 1.82) is 0 Å². The molecule has 2 aromatic carbocycles. The standard InChI is InChI=1S/C25H25F3N6O3/c1-16-13-31-21(14-30-16)33-23(36)32-19-8-7-18(11-20(19)37-25(26,27)28)22(35)34-24(9-10-29-15-24)12-17-5-3-2-4-6-17/h2-8,11,13-14,29H,9-10,12,15H2,1H3,(H,34,35)(H2,31,32,33,36). The zero-order chi connectivity index (χ0) is 26.5. The van der Waals surface area contributed by atoms with Gasteiger partial charge < -0.3 is 20.7 Å². The average molecular weight is 515 g/mol. The highest BCUT2D eigenvalue weighted by molar-refractivity contribution is 6.01. The van der Waals surface area contributed by atoms with E-state index in [2.05, 4.69) is 36.0 Å². The van der Waals surface area contributed by atoms with E-state index in [9.17, 15) is 22.8 Å². The van der Waals surface area contributed by atoms with Gasteiger partial charge in [-0.15, -0.1) is 13.2 Å². The lowest BCUT2D eigenvalue weighted by atomic mass is 9.89. The third kappa shape index (κ3) is 7.17. The van der Waals surface area contributed by atoms with Gasteiger partial charge in [-0.3, -0.25) is 15.1 Å². The van der Waals surface area contributed by atoms with Crippen molar-refractivity contribution in [3.05, 3.63) is 77.7 Å². The highest BCUT2D eigenvalue weighted by Crippen LogP contribution is 2.32. The molecule has 194 valence electrons. The number of carbonyl (C=O) groups is 2. The van der Waals surface area contributed by atoms with Crippen LogP contribution in [0.4, 0.5) is 29.5 Å². The zero-order valence-corrected chi connectivity index (χ0v) is 19.9. The van der Waals surface area contributed by atoms with Crippen molar-refractivity contribution in [2.45, 2.75) is 31.7 Å². The number of aromatic nitrogens is 2. The number of nitrogens with one attached hydrogen (secondary N) is 4. The van der Waals surface area contributed by atoms with Crippen LogP contribution in [0.15, 0.2) is 60.9 Å². The van der Waals surface area contributed by atoms with Crippen LogP contribution in [0, 0.1) is 6.92 Å². The maximum Gasteiger partial charge on any atom is 0.573 e. The Morgan fingerprint density at radius 2 is 1.86 bits per heavy atom. The van der Waals surface area contributed by atoms with E-state index in [1.54, 1.807) is 6.92 Å². The van der Waals surface area contributed by atoms with E-state index in [1.807, 2.05) is 30.3 Å². The number of aryl methyl sites for hydroxylation is 1. The Hall–Kier alpha value is -4.19. The highest BCUT2D eigenvalue weighted by Gasteiger charge is 2.36. The Balaban J connectivity index is 1.52. The normalized spacial score (nSPS) is 17.2. The molecule has 2 heterocycles. The number of alkyl halides is 3. The first-order chi connectivity index (χ1) is 17.6. The van der Waals surface area contributed by atoms with E-state index in [4.69, 9.17) is 0 Å². The molecule has 0 spiro atoms. The molecule has 1 saturated heterocycles. The third-order valence-electron chi connectivity index (χ3n) is 5.75. The molecule has 12 heteroatoms. The monoisotopic (exact) mass is 514 g/mol. The summed E-state index contributed by atoms with van der Waals surface area (Å²) in [5, 5.41) is 10.9. The minimum Gasteiger partial charge on any atom is -0.404 e. The summed E-state index contributed by atoms with van der Waals surface area (Å²) in [6.07, 6.45) is -1.11. The molecular formula is C25H25F3N6O3. The van der Waals surface area contributed by atoms with Crippen LogP contribution in [0.25, 0.3) is 0 Å². The molecule has 0 aliphatic carbocycles. The van der Waals surface area contributed by atoms with Gasteiger partial charge in [-0.05, 0) is 50.1 Å². The molecule has 0 bridgehead atoms. The predicted octanol–water partition coefficient (Wildman–Crippen LogP) is 4.03. The fraction of sp³-hybridized carbons (Fsp3) is 0.280. The average Bonchev–Trinajstić information content (AvgIpc) is 3.29. The minimum atomic E-state index is -5.05. The lowest BCUT2D eigenvalue weighted by molar-refractivity contribution is -0.274. The van der Waals surface area contributed by atoms with Gasteiger partial charge >= 0.3 is 12.4 Å². The van der Waals surface area contributed by atoms with Gasteiger partial charge in [0, 0.05) is 12.1 Å². The summed E-state index contributed by atoms with van der Waals surface area (Å²) < 4.78 is 43.5. The maximum absolute atomic E-state index is 13.1. The fourth-order valence-electron chi connectivity index (χ4n) is 4.05. The number of hydrogen-bond acceptors (Lipinski definition) is 6. The van der Waals surface area contributed by atoms with Gasteiger partial charge in [-0.1, -0.05) is 30.3 Å². The molecule has 0 saturated carbocycles. The van der Waals surface area contributed by atoms with Gasteiger partial charge in [0.15, 0.2) is 11.6 Å². The molecule has 1 unspecified atom stereocenters. The maximum atomic E-state index is 13.1. The molecular weight excluding hydrogens is 489 g/mol. The summed E-state index contributed by atoms with van der Waals surface area (Å²) in [6, 6.07) is 12.2. The second-order valence-corrected chi connectivity index (χ2v) is 8.70. The topological polar surface area (TPSA) is 117 Å². The van der Waals surface area contributed by atoms with Crippen LogP contribution in [0.5, 0.6) is 5.75 Å². The van der Waals surface area contributed by atoms with Gasteiger partial charge in [0.05, 0.1) is 29.3 Å². The van der Waals surface area contributed by atoms with Crippen molar-refractivity contribution < 1.29 is 27.5 Å². The Morgan fingerprint density at radius 3 is 2.51 bits per heavy atom. The van der Waals surface area contributed by atoms with Gasteiger partial charge in [0.25, 0.3) is 5.91 Å². The number of anilines is 2. The van der Waals surface area contributed by atoms with Crippen molar-refractivity contribution in [3.63, 3.8) is 0 Å². The largest absolute Gasteiger partial charge is 0.573 e. The number of amides is 3. The zero-order valence-electron chi connectivity index (χ0n) is 19.9. The number of halogens is 3. The molecule has 9 nitrogen and oxygen atoms in total. The van der Waals surface area contributed by atoms with Crippen molar-refractivity contribution in [2.75, 3.05) is 23.7 Å². The van der Waals surface area contributed by atoms with Gasteiger partial charge in [0.1, 0.15) is 0 Å². The summed E-state index contributed by atoms with van der Waals surface area (Å²) in [5.41, 5.74) is 0.716. The number of benzene rings is 2. The number of hydrogen-bond donors (Lipinski definition) is 4. The Morgan fingerprint density at radius 1 is 1.08 bits per heavy atom. The molecule has 3 amide bonds. The molecule has 1 aromatic heterocycles. The Labute approximate surface area is 210 Å². The van der Waals surface area contributed by atoms with Crippen molar-refractivity contribution in [1.82, 2.24) is 20.6 Å². The van der Waals surface area contributed by atoms with E-state index in [0.29, 0.717) is 31.6 Å². The highest BCUT2D eigenvalue weighted by atomic mass is 19.4. The number of carbonyl (C=O) groups excluding carboxylic acids is 2. The lowest BCUT2D eigenvalue weighted by Gasteiger charge is -2.30. The summed E-state index contributed by atoms with van der Waals surface area (Å²) in [4.78, 5) is 33.4. The molecule has 1 aliphatic rings. The first-order valence-electron chi connectivity index (χ1n) is 11.4. The van der Waals surface area contributed by atoms with E-state index < -0.39 is 29.6 Å². The van der Waals surface area contributed by atoms with Crippen LogP contribution in [0.3, 0.4) is 0 Å². The first kappa shape index (κ1) is 25.9. The van der Waals surface area contributed by atoms with Gasteiger partial charge in [-0.2, -0.15) is 0 Å². The number of nitrogens with zero attached hydrogens (tertiary/aromatic N) is 2. The van der Waals surface area contributed by atoms with E-state index in [-0.39, 0.29) is 17.1 Å². The molecule has 0 radical (unpaired) electrons. The number of ether oxygens (including phenoxy) is 1. The summed E-state index contributed by atoms with van der Waals surface area (Å²) in [5.74, 6) is -1.18. The number of urea groups is 1. The second-order valence-electron chi connectivity index (χ2n) is 8.70. The molecule has 1 aliphatic heterocycles. The quantitative estimate of drug-likeness (QED) is 0.378. The van der Waals surface area contributed by atoms with Crippen LogP contribution >= 0.6 is 0 Å². The van der Waals surface area contributed by atoms with Crippen LogP contribution in [-0.2, 0) is 6.42 Å². The fourth-order valence-corrected chi connectivity index (χ4v) is 4.05. The molecule has 4 N–H and O–H groups in total. The van der Waals surface area contributed by atoms with Crippen LogP contribution in [0.2, 0.25) is 0 Å².